The van der Waals surface area contributed by atoms with Crippen LogP contribution >= 0.6 is 0 Å². The van der Waals surface area contributed by atoms with Crippen molar-refractivity contribution in [2.75, 3.05) is 6.54 Å². The van der Waals surface area contributed by atoms with E-state index in [9.17, 15) is 14.4 Å². The summed E-state index contributed by atoms with van der Waals surface area (Å²) >= 11 is 0. The first-order valence-electron chi connectivity index (χ1n) is 11.7. The van der Waals surface area contributed by atoms with Gasteiger partial charge in [0.05, 0.1) is 5.56 Å². The molecule has 0 unspecified atom stereocenters. The van der Waals surface area contributed by atoms with E-state index in [-0.39, 0.29) is 30.2 Å². The zero-order valence-electron chi connectivity index (χ0n) is 18.3. The van der Waals surface area contributed by atoms with Crippen molar-refractivity contribution in [1.29, 1.82) is 0 Å². The number of nitrogens with one attached hydrogen (secondary N) is 2. The Kier molecular flexibility index (Phi) is 6.49. The van der Waals surface area contributed by atoms with Crippen LogP contribution in [0.3, 0.4) is 0 Å². The molecule has 2 aliphatic heterocycles. The molecule has 0 bridgehead atoms. The summed E-state index contributed by atoms with van der Waals surface area (Å²) in [6.45, 7) is 2.16. The van der Waals surface area contributed by atoms with Gasteiger partial charge in [-0.1, -0.05) is 44.2 Å². The number of para-hydroxylation sites is 1. The van der Waals surface area contributed by atoms with Gasteiger partial charge in [0.25, 0.3) is 5.91 Å². The molecule has 2 heterocycles. The molecule has 7 heteroatoms. The molecular formula is C24H33N3O4. The lowest BCUT2D eigenvalue weighted by molar-refractivity contribution is -0.139. The molecule has 1 aliphatic carbocycles. The van der Waals surface area contributed by atoms with Gasteiger partial charge >= 0.3 is 0 Å². The normalized spacial score (nSPS) is 26.0. The van der Waals surface area contributed by atoms with Gasteiger partial charge in [0.2, 0.25) is 11.8 Å². The van der Waals surface area contributed by atoms with E-state index in [0.717, 1.165) is 25.7 Å². The molecule has 1 aromatic rings. The van der Waals surface area contributed by atoms with Crippen LogP contribution in [0.15, 0.2) is 24.3 Å². The van der Waals surface area contributed by atoms with Gasteiger partial charge in [0.15, 0.2) is 5.72 Å². The Hall–Kier alpha value is -2.57. The SMILES string of the molecule is C[C@@H](C(=O)NC1CCCCCCC1)N1CC[C@]2(CCC1=O)NC(=O)c1ccccc1O2. The average Bonchev–Trinajstić information content (AvgIpc) is 2.88. The Morgan fingerprint density at radius 3 is 2.61 bits per heavy atom. The van der Waals surface area contributed by atoms with Crippen LogP contribution in [0.5, 0.6) is 5.75 Å². The molecular weight excluding hydrogens is 394 g/mol. The number of amides is 3. The summed E-state index contributed by atoms with van der Waals surface area (Å²) in [7, 11) is 0. The molecule has 0 aromatic heterocycles. The van der Waals surface area contributed by atoms with Gasteiger partial charge in [-0.2, -0.15) is 0 Å². The average molecular weight is 428 g/mol. The number of fused-ring (bicyclic) bond motifs is 1. The second-order valence-corrected chi connectivity index (χ2v) is 9.11. The van der Waals surface area contributed by atoms with E-state index in [0.29, 0.717) is 30.7 Å². The summed E-state index contributed by atoms with van der Waals surface area (Å²) < 4.78 is 6.18. The molecule has 31 heavy (non-hydrogen) atoms. The highest BCUT2D eigenvalue weighted by Gasteiger charge is 2.43. The smallest absolute Gasteiger partial charge is 0.258 e. The molecule has 0 radical (unpaired) electrons. The van der Waals surface area contributed by atoms with E-state index in [2.05, 4.69) is 10.6 Å². The van der Waals surface area contributed by atoms with Gasteiger partial charge in [-0.15, -0.1) is 0 Å². The molecule has 3 amide bonds. The Morgan fingerprint density at radius 1 is 1.13 bits per heavy atom. The fourth-order valence-corrected chi connectivity index (χ4v) is 4.96. The fraction of sp³-hybridized carbons (Fsp3) is 0.625. The zero-order chi connectivity index (χ0) is 21.8. The number of hydrogen-bond donors (Lipinski definition) is 2. The number of rotatable bonds is 3. The third-order valence-electron chi connectivity index (χ3n) is 6.90. The van der Waals surface area contributed by atoms with Crippen molar-refractivity contribution in [3.8, 4) is 5.75 Å². The number of likely N-dealkylation sites (tertiary alicyclic amines) is 1. The predicted octanol–water partition coefficient (Wildman–Crippen LogP) is 3.14. The lowest BCUT2D eigenvalue weighted by Gasteiger charge is -2.38. The maximum atomic E-state index is 12.9. The van der Waals surface area contributed by atoms with Crippen LogP contribution < -0.4 is 15.4 Å². The Labute approximate surface area is 183 Å². The van der Waals surface area contributed by atoms with Crippen LogP contribution in [0.25, 0.3) is 0 Å². The highest BCUT2D eigenvalue weighted by molar-refractivity contribution is 5.98. The second kappa shape index (κ2) is 9.28. The topological polar surface area (TPSA) is 87.7 Å². The van der Waals surface area contributed by atoms with E-state index < -0.39 is 11.8 Å². The van der Waals surface area contributed by atoms with Crippen molar-refractivity contribution in [1.82, 2.24) is 15.5 Å². The minimum Gasteiger partial charge on any atom is -0.467 e. The van der Waals surface area contributed by atoms with Gasteiger partial charge in [-0.3, -0.25) is 14.4 Å². The lowest BCUT2D eigenvalue weighted by Crippen LogP contribution is -2.56. The molecule has 7 nitrogen and oxygen atoms in total. The third-order valence-corrected chi connectivity index (χ3v) is 6.90. The Bertz CT molecular complexity index is 834. The number of hydrogen-bond acceptors (Lipinski definition) is 4. The van der Waals surface area contributed by atoms with Gasteiger partial charge in [0.1, 0.15) is 11.8 Å². The molecule has 2 N–H and O–H groups in total. The fourth-order valence-electron chi connectivity index (χ4n) is 4.96. The molecule has 2 atom stereocenters. The van der Waals surface area contributed by atoms with E-state index in [1.807, 2.05) is 6.07 Å². The lowest BCUT2D eigenvalue weighted by atomic mass is 9.96. The summed E-state index contributed by atoms with van der Waals surface area (Å²) in [5, 5.41) is 6.16. The monoisotopic (exact) mass is 427 g/mol. The maximum Gasteiger partial charge on any atom is 0.258 e. The number of carbonyl (C=O) groups is 3. The molecule has 4 rings (SSSR count). The summed E-state index contributed by atoms with van der Waals surface area (Å²) in [6, 6.07) is 6.80. The molecule has 3 aliphatic rings. The Balaban J connectivity index is 1.41. The molecule has 1 aromatic carbocycles. The van der Waals surface area contributed by atoms with Crippen LogP contribution in [0.1, 0.15) is 81.5 Å². The van der Waals surface area contributed by atoms with Gasteiger partial charge in [-0.05, 0) is 31.9 Å². The number of carbonyl (C=O) groups excluding carboxylic acids is 3. The summed E-state index contributed by atoms with van der Waals surface area (Å²) in [5.41, 5.74) is -0.404. The van der Waals surface area contributed by atoms with Crippen molar-refractivity contribution in [2.24, 2.45) is 0 Å². The molecule has 1 saturated heterocycles. The van der Waals surface area contributed by atoms with Crippen molar-refractivity contribution in [2.45, 2.75) is 88.9 Å². The summed E-state index contributed by atoms with van der Waals surface area (Å²) in [6.07, 6.45) is 9.09. The van der Waals surface area contributed by atoms with E-state index in [4.69, 9.17) is 4.74 Å². The number of nitrogens with zero attached hydrogens (tertiary/aromatic N) is 1. The second-order valence-electron chi connectivity index (χ2n) is 9.11. The maximum absolute atomic E-state index is 12.9. The first kappa shape index (κ1) is 21.7. The van der Waals surface area contributed by atoms with Crippen molar-refractivity contribution < 1.29 is 19.1 Å². The minimum atomic E-state index is -0.911. The van der Waals surface area contributed by atoms with E-state index in [1.165, 1.54) is 19.3 Å². The Morgan fingerprint density at radius 2 is 1.84 bits per heavy atom. The van der Waals surface area contributed by atoms with Crippen LogP contribution in [0, 0.1) is 0 Å². The molecule has 1 spiro atoms. The highest BCUT2D eigenvalue weighted by atomic mass is 16.5. The van der Waals surface area contributed by atoms with Crippen molar-refractivity contribution >= 4 is 17.7 Å². The van der Waals surface area contributed by atoms with Crippen molar-refractivity contribution in [3.63, 3.8) is 0 Å². The zero-order valence-corrected chi connectivity index (χ0v) is 18.3. The summed E-state index contributed by atoms with van der Waals surface area (Å²) in [5.74, 6) is 0.197. The van der Waals surface area contributed by atoms with E-state index >= 15 is 0 Å². The van der Waals surface area contributed by atoms with Crippen molar-refractivity contribution in [3.05, 3.63) is 29.8 Å². The molecule has 168 valence electrons. The first-order valence-corrected chi connectivity index (χ1v) is 11.7. The highest BCUT2D eigenvalue weighted by Crippen LogP contribution is 2.34. The summed E-state index contributed by atoms with van der Waals surface area (Å²) in [4.78, 5) is 40.1. The minimum absolute atomic E-state index is 0.0751. The van der Waals surface area contributed by atoms with Crippen LogP contribution in [-0.4, -0.2) is 47.0 Å². The van der Waals surface area contributed by atoms with Gasteiger partial charge in [-0.25, -0.2) is 0 Å². The van der Waals surface area contributed by atoms with E-state index in [1.54, 1.807) is 30.0 Å². The van der Waals surface area contributed by atoms with Gasteiger partial charge in [0, 0.05) is 31.8 Å². The van der Waals surface area contributed by atoms with Crippen LogP contribution in [0.4, 0.5) is 0 Å². The number of benzene rings is 1. The molecule has 1 saturated carbocycles. The predicted molar refractivity (Wildman–Crippen MR) is 117 cm³/mol. The van der Waals surface area contributed by atoms with Gasteiger partial charge < -0.3 is 20.3 Å². The quantitative estimate of drug-likeness (QED) is 0.776. The first-order chi connectivity index (χ1) is 15.0. The largest absolute Gasteiger partial charge is 0.467 e. The third kappa shape index (κ3) is 4.86. The van der Waals surface area contributed by atoms with Crippen LogP contribution in [0.2, 0.25) is 0 Å². The molecule has 2 fully saturated rings. The van der Waals surface area contributed by atoms with Crippen LogP contribution in [-0.2, 0) is 9.59 Å². The standard InChI is InChI=1S/C24H33N3O4/c1-17(22(29)25-18-9-5-3-2-4-6-10-18)27-16-15-24(14-13-21(27)28)26-23(30)19-11-7-8-12-20(19)31-24/h7-8,11-12,17-18H,2-6,9-10,13-16H2,1H3,(H,25,29)(H,26,30)/t17-,24+/m0/s1. The number of ether oxygens (including phenoxy) is 1.